The summed E-state index contributed by atoms with van der Waals surface area (Å²) in [4.78, 5) is 13.7. The van der Waals surface area contributed by atoms with E-state index in [1.807, 2.05) is 19.9 Å². The van der Waals surface area contributed by atoms with Crippen molar-refractivity contribution < 1.29 is 26.9 Å². The molecule has 156 valence electrons. The largest absolute Gasteiger partial charge is 0.383 e. The lowest BCUT2D eigenvalue weighted by Crippen LogP contribution is -2.67. The Morgan fingerprint density at radius 2 is 1.69 bits per heavy atom. The Hall–Kier alpha value is -1.96. The van der Waals surface area contributed by atoms with Crippen molar-refractivity contribution in [2.24, 2.45) is 16.7 Å². The van der Waals surface area contributed by atoms with Crippen molar-refractivity contribution in [1.82, 2.24) is 0 Å². The fraction of sp³-hybridized carbons (Fsp3) is 0.500. The number of methoxy groups -OCH3 is 2. The molecule has 7 heteroatoms. The van der Waals surface area contributed by atoms with E-state index in [2.05, 4.69) is 0 Å². The van der Waals surface area contributed by atoms with Gasteiger partial charge in [0.05, 0.1) is 5.41 Å². The average molecular weight is 419 g/mol. The third-order valence-corrected chi connectivity index (χ3v) is 8.18. The summed E-state index contributed by atoms with van der Waals surface area (Å²) in [6, 6.07) is 6.45. The lowest BCUT2D eigenvalue weighted by Gasteiger charge is -2.55. The van der Waals surface area contributed by atoms with Gasteiger partial charge in [-0.05, 0) is 50.8 Å². The fourth-order valence-corrected chi connectivity index (χ4v) is 6.22. The number of hydrogen-bond acceptors (Lipinski definition) is 6. The monoisotopic (exact) mass is 418 g/mol. The minimum atomic E-state index is -4.09. The number of aryl methyl sites for hydroxylation is 1. The summed E-state index contributed by atoms with van der Waals surface area (Å²) in [5.74, 6) is -1.70. The Bertz CT molecular complexity index is 1030. The first kappa shape index (κ1) is 20.3. The van der Waals surface area contributed by atoms with E-state index in [0.717, 1.165) is 24.0 Å². The highest BCUT2D eigenvalue weighted by Gasteiger charge is 2.72. The molecule has 29 heavy (non-hydrogen) atoms. The second-order valence-electron chi connectivity index (χ2n) is 8.39. The number of Topliss-reactive ketones (excluding diaryl/α,β-unsaturated/α-hetero) is 1. The lowest BCUT2D eigenvalue weighted by atomic mass is 9.53. The van der Waals surface area contributed by atoms with E-state index in [4.69, 9.17) is 13.7 Å². The van der Waals surface area contributed by atoms with Crippen LogP contribution in [0.25, 0.3) is 0 Å². The van der Waals surface area contributed by atoms with Crippen molar-refractivity contribution in [2.75, 3.05) is 14.2 Å². The predicted octanol–water partition coefficient (Wildman–Crippen LogP) is 3.52. The molecule has 1 aromatic rings. The molecule has 1 spiro atoms. The van der Waals surface area contributed by atoms with Crippen LogP contribution >= 0.6 is 0 Å². The smallest absolute Gasteiger partial charge is 0.338 e. The molecule has 2 unspecified atom stereocenters. The van der Waals surface area contributed by atoms with Crippen LogP contribution in [0.15, 0.2) is 52.6 Å². The maximum absolute atomic E-state index is 13.7. The van der Waals surface area contributed by atoms with E-state index in [9.17, 15) is 13.2 Å². The van der Waals surface area contributed by atoms with Crippen molar-refractivity contribution in [1.29, 1.82) is 0 Å². The summed E-state index contributed by atoms with van der Waals surface area (Å²) < 4.78 is 43.0. The van der Waals surface area contributed by atoms with Gasteiger partial charge in [0, 0.05) is 14.2 Å². The zero-order chi connectivity index (χ0) is 21.2. The van der Waals surface area contributed by atoms with Gasteiger partial charge in [0.25, 0.3) is 0 Å². The molecule has 4 aliphatic carbocycles. The van der Waals surface area contributed by atoms with Gasteiger partial charge < -0.3 is 13.7 Å². The van der Waals surface area contributed by atoms with Crippen molar-refractivity contribution >= 4 is 15.9 Å². The van der Waals surface area contributed by atoms with Crippen LogP contribution in [-0.2, 0) is 28.6 Å². The SMILES string of the molecule is COC1(OC)C(=O)C23C=C(OS(=O)(=O)c4ccc(C)cc4)C1(C)C=C2CC[C@H]3C. The zero-order valence-corrected chi connectivity index (χ0v) is 18.1. The normalized spacial score (nSPS) is 32.6. The minimum Gasteiger partial charge on any atom is -0.383 e. The molecule has 0 amide bonds. The number of rotatable bonds is 5. The van der Waals surface area contributed by atoms with Gasteiger partial charge in [0.15, 0.2) is 0 Å². The summed E-state index contributed by atoms with van der Waals surface area (Å²) >= 11 is 0. The summed E-state index contributed by atoms with van der Waals surface area (Å²) in [5, 5.41) is 0. The van der Waals surface area contributed by atoms with E-state index in [-0.39, 0.29) is 22.4 Å². The molecule has 1 aromatic carbocycles. The quantitative estimate of drug-likeness (QED) is 0.414. The second-order valence-corrected chi connectivity index (χ2v) is 9.94. The lowest BCUT2D eigenvalue weighted by molar-refractivity contribution is -0.254. The van der Waals surface area contributed by atoms with Crippen LogP contribution in [0.2, 0.25) is 0 Å². The van der Waals surface area contributed by atoms with Gasteiger partial charge in [-0.3, -0.25) is 4.79 Å². The fourth-order valence-electron chi connectivity index (χ4n) is 5.20. The predicted molar refractivity (Wildman–Crippen MR) is 106 cm³/mol. The van der Waals surface area contributed by atoms with Gasteiger partial charge >= 0.3 is 10.1 Å². The van der Waals surface area contributed by atoms with Crippen LogP contribution < -0.4 is 0 Å². The Kier molecular flexibility index (Phi) is 4.39. The van der Waals surface area contributed by atoms with Gasteiger partial charge in [0.1, 0.15) is 16.1 Å². The summed E-state index contributed by atoms with van der Waals surface area (Å²) in [7, 11) is -1.28. The molecule has 6 nitrogen and oxygen atoms in total. The number of fused-ring (bicyclic) bond motifs is 1. The minimum absolute atomic E-state index is 0.0172. The standard InChI is InChI=1S/C22H26O6S/c1-14-6-10-17(11-7-14)29(24,25)28-18-13-21-15(2)8-9-16(21)12-20(18,3)22(26-4,27-5)19(21)23/h6-7,10-13,15H,8-9H2,1-5H3/t15-,20?,21?/m1/s1. The molecule has 5 rings (SSSR count). The van der Waals surface area contributed by atoms with Crippen LogP contribution in [0.1, 0.15) is 32.3 Å². The third-order valence-electron chi connectivity index (χ3n) is 6.93. The Balaban J connectivity index is 1.88. The summed E-state index contributed by atoms with van der Waals surface area (Å²) in [6.45, 7) is 5.60. The van der Waals surface area contributed by atoms with Crippen LogP contribution in [0, 0.1) is 23.7 Å². The highest BCUT2D eigenvalue weighted by atomic mass is 32.2. The number of carbonyl (C=O) groups excluding carboxylic acids is 1. The highest BCUT2D eigenvalue weighted by Crippen LogP contribution is 2.65. The number of carbonyl (C=O) groups is 1. The van der Waals surface area contributed by atoms with Crippen LogP contribution in [-0.4, -0.2) is 34.2 Å². The maximum atomic E-state index is 13.7. The van der Waals surface area contributed by atoms with Crippen molar-refractivity contribution in [3.05, 3.63) is 53.3 Å². The molecule has 1 saturated carbocycles. The third kappa shape index (κ3) is 2.41. The molecule has 0 radical (unpaired) electrons. The van der Waals surface area contributed by atoms with Gasteiger partial charge in [-0.25, -0.2) is 0 Å². The molecule has 0 aromatic heterocycles. The molecule has 1 fully saturated rings. The molecule has 0 N–H and O–H groups in total. The molecule has 2 bridgehead atoms. The molecule has 0 aliphatic heterocycles. The topological polar surface area (TPSA) is 78.9 Å². The van der Waals surface area contributed by atoms with Gasteiger partial charge in [-0.1, -0.05) is 36.3 Å². The van der Waals surface area contributed by atoms with Crippen molar-refractivity contribution in [2.45, 2.75) is 44.3 Å². The van der Waals surface area contributed by atoms with E-state index < -0.39 is 26.7 Å². The highest BCUT2D eigenvalue weighted by molar-refractivity contribution is 7.86. The van der Waals surface area contributed by atoms with Gasteiger partial charge in [-0.15, -0.1) is 0 Å². The van der Waals surface area contributed by atoms with Crippen LogP contribution in [0.5, 0.6) is 0 Å². The van der Waals surface area contributed by atoms with E-state index in [1.54, 1.807) is 25.1 Å². The maximum Gasteiger partial charge on any atom is 0.338 e. The van der Waals surface area contributed by atoms with E-state index in [0.29, 0.717) is 0 Å². The Morgan fingerprint density at radius 1 is 1.07 bits per heavy atom. The van der Waals surface area contributed by atoms with Crippen LogP contribution in [0.4, 0.5) is 0 Å². The Morgan fingerprint density at radius 3 is 2.28 bits per heavy atom. The summed E-state index contributed by atoms with van der Waals surface area (Å²) in [5.41, 5.74) is -0.238. The van der Waals surface area contributed by atoms with Crippen molar-refractivity contribution in [3.8, 4) is 0 Å². The molecule has 0 saturated heterocycles. The first-order valence-corrected chi connectivity index (χ1v) is 11.1. The first-order valence-electron chi connectivity index (χ1n) is 9.69. The Labute approximate surface area is 171 Å². The molecule has 0 heterocycles. The number of allylic oxidation sites excluding steroid dienone is 2. The second kappa shape index (κ2) is 6.27. The number of hydrogen-bond donors (Lipinski definition) is 0. The summed E-state index contributed by atoms with van der Waals surface area (Å²) in [6.07, 6.45) is 5.22. The number of benzene rings is 1. The number of ether oxygens (including phenoxy) is 2. The average Bonchev–Trinajstić information content (AvgIpc) is 2.99. The van der Waals surface area contributed by atoms with E-state index in [1.165, 1.54) is 26.4 Å². The van der Waals surface area contributed by atoms with Gasteiger partial charge in [-0.2, -0.15) is 8.42 Å². The van der Waals surface area contributed by atoms with Crippen molar-refractivity contribution in [3.63, 3.8) is 0 Å². The molecular formula is C22H26O6S. The molecule has 3 atom stereocenters. The first-order chi connectivity index (χ1) is 13.6. The van der Waals surface area contributed by atoms with Gasteiger partial charge in [0.2, 0.25) is 11.6 Å². The number of ketones is 1. The molecular weight excluding hydrogens is 392 g/mol. The molecule has 4 aliphatic rings. The zero-order valence-electron chi connectivity index (χ0n) is 17.3. The van der Waals surface area contributed by atoms with E-state index >= 15 is 0 Å². The van der Waals surface area contributed by atoms with Crippen LogP contribution in [0.3, 0.4) is 0 Å².